The van der Waals surface area contributed by atoms with E-state index >= 15 is 0 Å². The van der Waals surface area contributed by atoms with Crippen molar-refractivity contribution in [2.24, 2.45) is 0 Å². The molecule has 1 aliphatic carbocycles. The third-order valence-electron chi connectivity index (χ3n) is 3.95. The molecule has 0 atom stereocenters. The van der Waals surface area contributed by atoms with Gasteiger partial charge >= 0.3 is 0 Å². The molecule has 2 aromatic heterocycles. The quantitative estimate of drug-likeness (QED) is 0.851. The maximum atomic E-state index is 12.6. The van der Waals surface area contributed by atoms with Crippen molar-refractivity contribution in [2.45, 2.75) is 45.8 Å². The van der Waals surface area contributed by atoms with Crippen LogP contribution in [0.25, 0.3) is 0 Å². The molecular weight excluding hydrogens is 280 g/mol. The molecule has 5 nitrogen and oxygen atoms in total. The molecule has 0 unspecified atom stereocenters. The molecule has 1 fully saturated rings. The Morgan fingerprint density at radius 2 is 2.09 bits per heavy atom. The highest BCUT2D eigenvalue weighted by molar-refractivity contribution is 5.76. The van der Waals surface area contributed by atoms with Crippen molar-refractivity contribution >= 4 is 5.91 Å². The molecule has 0 saturated heterocycles. The number of hydrogen-bond acceptors (Lipinski definition) is 3. The van der Waals surface area contributed by atoms with E-state index in [0.29, 0.717) is 12.1 Å². The van der Waals surface area contributed by atoms with Gasteiger partial charge in [-0.3, -0.25) is 9.59 Å². The molecule has 0 aliphatic heterocycles. The number of rotatable bonds is 5. The number of nitrogens with zero attached hydrogens (tertiary/aromatic N) is 2. The lowest BCUT2D eigenvalue weighted by Gasteiger charge is -2.22. The van der Waals surface area contributed by atoms with E-state index in [1.807, 2.05) is 24.0 Å². The van der Waals surface area contributed by atoms with Crippen molar-refractivity contribution in [3.63, 3.8) is 0 Å². The standard InChI is InChI=1S/C17H20N2O3/c1-12-4-3-9-18(17(12)21)11-16(20)19(14-6-7-14)10-15-8-5-13(2)22-15/h3-5,8-9,14H,6-7,10-11H2,1-2H3. The second-order valence-corrected chi connectivity index (χ2v) is 5.89. The second kappa shape index (κ2) is 5.83. The van der Waals surface area contributed by atoms with Crippen LogP contribution in [0.2, 0.25) is 0 Å². The lowest BCUT2D eigenvalue weighted by atomic mass is 10.3. The van der Waals surface area contributed by atoms with Gasteiger partial charge in [-0.05, 0) is 44.9 Å². The molecular formula is C17H20N2O3. The minimum atomic E-state index is -0.111. The van der Waals surface area contributed by atoms with E-state index in [0.717, 1.165) is 24.4 Å². The van der Waals surface area contributed by atoms with Gasteiger partial charge in [0, 0.05) is 17.8 Å². The van der Waals surface area contributed by atoms with Gasteiger partial charge in [0.15, 0.2) is 0 Å². The first-order valence-corrected chi connectivity index (χ1v) is 7.55. The van der Waals surface area contributed by atoms with Crippen LogP contribution < -0.4 is 5.56 Å². The van der Waals surface area contributed by atoms with Crippen molar-refractivity contribution < 1.29 is 9.21 Å². The number of amides is 1. The molecule has 3 rings (SSSR count). The number of carbonyl (C=O) groups excluding carboxylic acids is 1. The third kappa shape index (κ3) is 3.13. The Kier molecular flexibility index (Phi) is 3.88. The molecule has 1 saturated carbocycles. The third-order valence-corrected chi connectivity index (χ3v) is 3.95. The number of carbonyl (C=O) groups is 1. The van der Waals surface area contributed by atoms with Crippen LogP contribution in [0.1, 0.15) is 29.9 Å². The molecule has 1 aliphatic rings. The largest absolute Gasteiger partial charge is 0.464 e. The van der Waals surface area contributed by atoms with Crippen LogP contribution in [0.5, 0.6) is 0 Å². The molecule has 0 bridgehead atoms. The summed E-state index contributed by atoms with van der Waals surface area (Å²) in [5.74, 6) is 1.59. The normalized spacial score (nSPS) is 14.1. The lowest BCUT2D eigenvalue weighted by molar-refractivity contribution is -0.133. The monoisotopic (exact) mass is 300 g/mol. The molecule has 0 spiro atoms. The van der Waals surface area contributed by atoms with Crippen molar-refractivity contribution in [3.05, 3.63) is 57.9 Å². The van der Waals surface area contributed by atoms with Crippen LogP contribution in [-0.4, -0.2) is 21.4 Å². The van der Waals surface area contributed by atoms with E-state index in [9.17, 15) is 9.59 Å². The predicted molar refractivity (Wildman–Crippen MR) is 82.5 cm³/mol. The van der Waals surface area contributed by atoms with Crippen molar-refractivity contribution in [2.75, 3.05) is 0 Å². The van der Waals surface area contributed by atoms with Crippen molar-refractivity contribution in [1.82, 2.24) is 9.47 Å². The van der Waals surface area contributed by atoms with Crippen molar-refractivity contribution in [3.8, 4) is 0 Å². The number of furan rings is 1. The SMILES string of the molecule is Cc1ccc(CN(C(=O)Cn2cccc(C)c2=O)C2CC2)o1. The van der Waals surface area contributed by atoms with E-state index in [2.05, 4.69) is 0 Å². The zero-order valence-electron chi connectivity index (χ0n) is 12.9. The molecule has 1 amide bonds. The summed E-state index contributed by atoms with van der Waals surface area (Å²) in [7, 11) is 0. The highest BCUT2D eigenvalue weighted by Gasteiger charge is 2.33. The van der Waals surface area contributed by atoms with Crippen LogP contribution >= 0.6 is 0 Å². The van der Waals surface area contributed by atoms with Crippen LogP contribution in [0.4, 0.5) is 0 Å². The topological polar surface area (TPSA) is 55.5 Å². The summed E-state index contributed by atoms with van der Waals surface area (Å²) in [6.07, 6.45) is 3.71. The summed E-state index contributed by atoms with van der Waals surface area (Å²) >= 11 is 0. The van der Waals surface area contributed by atoms with E-state index in [1.54, 1.807) is 25.3 Å². The van der Waals surface area contributed by atoms with E-state index in [1.165, 1.54) is 4.57 Å². The fraction of sp³-hybridized carbons (Fsp3) is 0.412. The van der Waals surface area contributed by atoms with Crippen LogP contribution in [0.3, 0.4) is 0 Å². The maximum Gasteiger partial charge on any atom is 0.253 e. The number of pyridine rings is 1. The fourth-order valence-electron chi connectivity index (χ4n) is 2.56. The first-order chi connectivity index (χ1) is 10.5. The first-order valence-electron chi connectivity index (χ1n) is 7.55. The van der Waals surface area contributed by atoms with Gasteiger partial charge in [0.25, 0.3) is 5.56 Å². The number of hydrogen-bond donors (Lipinski definition) is 0. The van der Waals surface area contributed by atoms with Gasteiger partial charge in [-0.2, -0.15) is 0 Å². The van der Waals surface area contributed by atoms with Gasteiger partial charge in [-0.15, -0.1) is 0 Å². The van der Waals surface area contributed by atoms with Gasteiger partial charge in [0.05, 0.1) is 6.54 Å². The molecule has 2 heterocycles. The van der Waals surface area contributed by atoms with Gasteiger partial charge in [0.2, 0.25) is 5.91 Å². The molecule has 2 aromatic rings. The Labute approximate surface area is 129 Å². The molecule has 22 heavy (non-hydrogen) atoms. The Bertz CT molecular complexity index is 740. The highest BCUT2D eigenvalue weighted by Crippen LogP contribution is 2.29. The summed E-state index contributed by atoms with van der Waals surface area (Å²) in [4.78, 5) is 26.5. The van der Waals surface area contributed by atoms with Crippen LogP contribution in [0.15, 0.2) is 39.7 Å². The highest BCUT2D eigenvalue weighted by atomic mass is 16.3. The Morgan fingerprint density at radius 3 is 2.73 bits per heavy atom. The minimum Gasteiger partial charge on any atom is -0.464 e. The molecule has 0 aromatic carbocycles. The number of aryl methyl sites for hydroxylation is 2. The zero-order chi connectivity index (χ0) is 15.7. The average Bonchev–Trinajstić information content (AvgIpc) is 3.24. The molecule has 0 radical (unpaired) electrons. The summed E-state index contributed by atoms with van der Waals surface area (Å²) in [6.45, 7) is 4.20. The maximum absolute atomic E-state index is 12.6. The minimum absolute atomic E-state index is 0.0377. The predicted octanol–water partition coefficient (Wildman–Crippen LogP) is 2.25. The van der Waals surface area contributed by atoms with Gasteiger partial charge < -0.3 is 13.9 Å². The van der Waals surface area contributed by atoms with Gasteiger partial charge in [0.1, 0.15) is 18.1 Å². The summed E-state index contributed by atoms with van der Waals surface area (Å²) in [5, 5.41) is 0. The Hall–Kier alpha value is -2.30. The molecule has 5 heteroatoms. The Morgan fingerprint density at radius 1 is 1.32 bits per heavy atom. The summed E-state index contributed by atoms with van der Waals surface area (Å²) in [6, 6.07) is 7.63. The van der Waals surface area contributed by atoms with Crippen molar-refractivity contribution in [1.29, 1.82) is 0 Å². The molecule has 0 N–H and O–H groups in total. The van der Waals surface area contributed by atoms with Crippen LogP contribution in [-0.2, 0) is 17.9 Å². The first kappa shape index (κ1) is 14.6. The van der Waals surface area contributed by atoms with E-state index in [-0.39, 0.29) is 24.1 Å². The van der Waals surface area contributed by atoms with Gasteiger partial charge in [-0.1, -0.05) is 6.07 Å². The van der Waals surface area contributed by atoms with E-state index < -0.39 is 0 Å². The fourth-order valence-corrected chi connectivity index (χ4v) is 2.56. The average molecular weight is 300 g/mol. The number of aromatic nitrogens is 1. The summed E-state index contributed by atoms with van der Waals surface area (Å²) in [5.41, 5.74) is 0.537. The second-order valence-electron chi connectivity index (χ2n) is 5.89. The molecule has 116 valence electrons. The Balaban J connectivity index is 1.75. The summed E-state index contributed by atoms with van der Waals surface area (Å²) < 4.78 is 7.05. The van der Waals surface area contributed by atoms with E-state index in [4.69, 9.17) is 4.42 Å². The lowest BCUT2D eigenvalue weighted by Crippen LogP contribution is -2.37. The smallest absolute Gasteiger partial charge is 0.253 e. The zero-order valence-corrected chi connectivity index (χ0v) is 12.9. The van der Waals surface area contributed by atoms with Gasteiger partial charge in [-0.25, -0.2) is 0 Å². The van der Waals surface area contributed by atoms with Crippen LogP contribution in [0, 0.1) is 13.8 Å².